The summed E-state index contributed by atoms with van der Waals surface area (Å²) in [6, 6.07) is 3.41. The number of rotatable bonds is 11. The number of nitrogens with one attached hydrogen (secondary N) is 1. The van der Waals surface area contributed by atoms with E-state index in [1.54, 1.807) is 13.0 Å². The maximum atomic E-state index is 13.9. The van der Waals surface area contributed by atoms with Gasteiger partial charge in [-0.05, 0) is 39.3 Å². The lowest BCUT2D eigenvalue weighted by Crippen LogP contribution is -2.55. The van der Waals surface area contributed by atoms with Crippen LogP contribution in [0, 0.1) is 0 Å². The number of methoxy groups -OCH3 is 1. The first-order valence-electron chi connectivity index (χ1n) is 15.6. The second kappa shape index (κ2) is 14.5. The average molecular weight is 665 g/mol. The van der Waals surface area contributed by atoms with Crippen molar-refractivity contribution in [2.24, 2.45) is 5.73 Å². The lowest BCUT2D eigenvalue weighted by Gasteiger charge is -2.45. The number of carbonyl (C=O) groups is 2. The smallest absolute Gasteiger partial charge is 0.202 e. The van der Waals surface area contributed by atoms with E-state index < -0.39 is 65.4 Å². The highest BCUT2D eigenvalue weighted by molar-refractivity contribution is 6.31. The summed E-state index contributed by atoms with van der Waals surface area (Å²) < 4.78 is 17.6. The fourth-order valence-electron chi connectivity index (χ4n) is 6.85. The molecule has 3 aliphatic rings. The van der Waals surface area contributed by atoms with Crippen molar-refractivity contribution in [2.45, 2.75) is 101 Å². The first-order chi connectivity index (χ1) is 21.4. The van der Waals surface area contributed by atoms with E-state index in [4.69, 9.17) is 25.1 Å². The van der Waals surface area contributed by atoms with Crippen LogP contribution in [0.3, 0.4) is 0 Å². The fourth-order valence-corrected chi connectivity index (χ4v) is 6.85. The minimum absolute atomic E-state index is 0. The molecule has 46 heavy (non-hydrogen) atoms. The number of carbonyl (C=O) groups excluding carboxylic acids is 2. The van der Waals surface area contributed by atoms with Crippen LogP contribution < -0.4 is 15.8 Å². The van der Waals surface area contributed by atoms with E-state index in [0.29, 0.717) is 6.54 Å². The van der Waals surface area contributed by atoms with E-state index in [1.165, 1.54) is 19.2 Å². The second-order valence-corrected chi connectivity index (χ2v) is 12.5. The molecule has 13 heteroatoms. The maximum absolute atomic E-state index is 13.9. The van der Waals surface area contributed by atoms with Crippen molar-refractivity contribution in [3.05, 3.63) is 51.6 Å². The number of hydrogen-bond donors (Lipinski definition) is 7. The molecule has 8 N–H and O–H groups in total. The van der Waals surface area contributed by atoms with Crippen LogP contribution >= 0.6 is 12.4 Å². The molecule has 5 rings (SSSR count). The Kier molecular flexibility index (Phi) is 11.4. The fraction of sp³-hybridized carbons (Fsp3) is 0.576. The Bertz CT molecular complexity index is 1440. The van der Waals surface area contributed by atoms with Gasteiger partial charge in [-0.3, -0.25) is 9.59 Å². The molecule has 1 aliphatic heterocycles. The number of phenols is 2. The number of aliphatic hydroxyl groups excluding tert-OH is 2. The summed E-state index contributed by atoms with van der Waals surface area (Å²) >= 11 is 0. The molecule has 2 aromatic carbocycles. The van der Waals surface area contributed by atoms with Gasteiger partial charge in [-0.25, -0.2) is 0 Å². The largest absolute Gasteiger partial charge is 0.507 e. The number of phenolic OH excluding ortho intramolecular Hbond substituents is 2. The summed E-state index contributed by atoms with van der Waals surface area (Å²) in [6.07, 6.45) is -0.292. The summed E-state index contributed by atoms with van der Waals surface area (Å²) in [5.41, 5.74) is 4.15. The third-order valence-electron chi connectivity index (χ3n) is 9.51. The van der Waals surface area contributed by atoms with Gasteiger partial charge >= 0.3 is 0 Å². The number of ketones is 2. The highest BCUT2D eigenvalue weighted by Crippen LogP contribution is 2.53. The van der Waals surface area contributed by atoms with Crippen LogP contribution in [0.4, 0.5) is 0 Å². The van der Waals surface area contributed by atoms with Crippen LogP contribution in [-0.2, 0) is 15.9 Å². The normalized spacial score (nSPS) is 27.7. The van der Waals surface area contributed by atoms with Gasteiger partial charge in [0.25, 0.3) is 0 Å². The Balaban J connectivity index is 0.00000480. The standard InChI is InChI=1S/C33H44N2O10.ClH/c1-16-28(37)20(34)13-23(44-16)45-22-15-33(42,17(2)35-11-6-4-5-7-12-36)14-19-25(22)32(41)27-26(30(19)39)29(38)18-9-8-10-21(43-3)24(18)31(27)40;/h8-10,16-17,20,22-23,28,35-37,39,41-42H,4-7,11-15,34H2,1-3H3;1H. The molecule has 1 fully saturated rings. The lowest BCUT2D eigenvalue weighted by atomic mass is 9.71. The quantitative estimate of drug-likeness (QED) is 0.117. The van der Waals surface area contributed by atoms with Gasteiger partial charge < -0.3 is 50.8 Å². The van der Waals surface area contributed by atoms with Crippen LogP contribution in [0.1, 0.15) is 101 Å². The zero-order valence-corrected chi connectivity index (χ0v) is 27.1. The highest BCUT2D eigenvalue weighted by atomic mass is 35.5. The molecule has 1 heterocycles. The van der Waals surface area contributed by atoms with Crippen LogP contribution in [0.2, 0.25) is 0 Å². The monoisotopic (exact) mass is 664 g/mol. The molecule has 0 saturated carbocycles. The molecule has 0 bridgehead atoms. The second-order valence-electron chi connectivity index (χ2n) is 12.5. The average Bonchev–Trinajstić information content (AvgIpc) is 3.01. The van der Waals surface area contributed by atoms with E-state index in [-0.39, 0.29) is 77.4 Å². The topological polar surface area (TPSA) is 201 Å². The van der Waals surface area contributed by atoms with Crippen LogP contribution in [0.25, 0.3) is 0 Å². The molecule has 1 saturated heterocycles. The van der Waals surface area contributed by atoms with Gasteiger partial charge in [-0.15, -0.1) is 12.4 Å². The van der Waals surface area contributed by atoms with E-state index >= 15 is 0 Å². The molecule has 7 atom stereocenters. The molecule has 0 radical (unpaired) electrons. The predicted molar refractivity (Wildman–Crippen MR) is 170 cm³/mol. The number of fused-ring (bicyclic) bond motifs is 3. The van der Waals surface area contributed by atoms with Crippen LogP contribution in [0.15, 0.2) is 18.2 Å². The number of aromatic hydroxyl groups is 2. The number of halogens is 1. The summed E-state index contributed by atoms with van der Waals surface area (Å²) in [7, 11) is 1.37. The van der Waals surface area contributed by atoms with Gasteiger partial charge in [0.05, 0.1) is 47.7 Å². The van der Waals surface area contributed by atoms with Gasteiger partial charge in [-0.2, -0.15) is 0 Å². The minimum atomic E-state index is -1.51. The summed E-state index contributed by atoms with van der Waals surface area (Å²) in [5.74, 6) is -2.20. The van der Waals surface area contributed by atoms with Gasteiger partial charge in [0.2, 0.25) is 5.78 Å². The molecule has 0 spiro atoms. The van der Waals surface area contributed by atoms with E-state index in [9.17, 15) is 30.0 Å². The molecule has 12 nitrogen and oxygen atoms in total. The Hall–Kier alpha value is -2.81. The molecule has 0 aromatic heterocycles. The third-order valence-corrected chi connectivity index (χ3v) is 9.51. The first kappa shape index (κ1) is 36.0. The molecular weight excluding hydrogens is 620 g/mol. The molecular formula is C33H45ClN2O10. The first-order valence-corrected chi connectivity index (χ1v) is 15.6. The van der Waals surface area contributed by atoms with Crippen molar-refractivity contribution in [3.8, 4) is 17.2 Å². The molecule has 2 aromatic rings. The van der Waals surface area contributed by atoms with E-state index in [1.807, 2.05) is 6.92 Å². The van der Waals surface area contributed by atoms with Crippen molar-refractivity contribution in [2.75, 3.05) is 20.3 Å². The van der Waals surface area contributed by atoms with Crippen molar-refractivity contribution in [1.82, 2.24) is 5.32 Å². The van der Waals surface area contributed by atoms with E-state index in [0.717, 1.165) is 25.7 Å². The maximum Gasteiger partial charge on any atom is 0.202 e. The van der Waals surface area contributed by atoms with Crippen molar-refractivity contribution in [1.29, 1.82) is 0 Å². The summed E-state index contributed by atoms with van der Waals surface area (Å²) in [6.45, 7) is 4.21. The number of ether oxygens (including phenoxy) is 3. The van der Waals surface area contributed by atoms with Gasteiger partial charge in [0.15, 0.2) is 12.1 Å². The Morgan fingerprint density at radius 3 is 2.46 bits per heavy atom. The number of unbranched alkanes of at least 4 members (excludes halogenated alkanes) is 3. The van der Waals surface area contributed by atoms with E-state index in [2.05, 4.69) is 5.32 Å². The van der Waals surface area contributed by atoms with Crippen LogP contribution in [-0.4, -0.2) is 93.5 Å². The molecule has 2 aliphatic carbocycles. The Morgan fingerprint density at radius 1 is 1.09 bits per heavy atom. The SMILES string of the molecule is COc1cccc2c1C(=O)c1c(O)c3c(c(O)c1C2=O)CC(O)(C(C)NCCCCCCO)CC3OC1CC(N)C(O)C(C)O1.Cl. The van der Waals surface area contributed by atoms with Crippen molar-refractivity contribution >= 4 is 24.0 Å². The van der Waals surface area contributed by atoms with Crippen LogP contribution in [0.5, 0.6) is 17.2 Å². The van der Waals surface area contributed by atoms with Gasteiger partial charge in [0.1, 0.15) is 17.2 Å². The lowest BCUT2D eigenvalue weighted by molar-refractivity contribution is -0.248. The third kappa shape index (κ3) is 6.50. The number of aliphatic hydroxyl groups is 3. The zero-order chi connectivity index (χ0) is 32.6. The number of benzene rings is 2. The molecule has 0 amide bonds. The Labute approximate surface area is 274 Å². The van der Waals surface area contributed by atoms with Crippen molar-refractivity contribution in [3.63, 3.8) is 0 Å². The predicted octanol–water partition coefficient (Wildman–Crippen LogP) is 2.39. The summed E-state index contributed by atoms with van der Waals surface area (Å²) in [5, 5.41) is 58.2. The number of hydrogen-bond acceptors (Lipinski definition) is 12. The molecule has 254 valence electrons. The summed E-state index contributed by atoms with van der Waals surface area (Å²) in [4.78, 5) is 27.6. The van der Waals surface area contributed by atoms with Crippen molar-refractivity contribution < 1.29 is 49.3 Å². The van der Waals surface area contributed by atoms with Gasteiger partial charge in [-0.1, -0.05) is 25.0 Å². The molecule has 7 unspecified atom stereocenters. The Morgan fingerprint density at radius 2 is 1.78 bits per heavy atom. The minimum Gasteiger partial charge on any atom is -0.507 e. The number of nitrogens with two attached hydrogens (primary N) is 1. The highest BCUT2D eigenvalue weighted by Gasteiger charge is 2.49. The zero-order valence-electron chi connectivity index (χ0n) is 26.3. The van der Waals surface area contributed by atoms with Gasteiger partial charge in [0, 0.05) is 54.6 Å².